The van der Waals surface area contributed by atoms with Crippen LogP contribution in [0.1, 0.15) is 97.8 Å². The Kier molecular flexibility index (Phi) is 13.3. The first kappa shape index (κ1) is 29.3. The minimum Gasteiger partial charge on any atom is -0.544 e. The van der Waals surface area contributed by atoms with Gasteiger partial charge in [0.05, 0.1) is 31.9 Å². The number of carbonyl (C=O) groups excluding carboxylic acids is 1. The molecule has 8 heteroatoms. The highest BCUT2D eigenvalue weighted by Gasteiger charge is 2.50. The molecule has 3 unspecified atom stereocenters. The Morgan fingerprint density at radius 2 is 1.43 bits per heavy atom. The Bertz CT molecular complexity index is 594. The second-order valence-electron chi connectivity index (χ2n) is 9.48. The fourth-order valence-electron chi connectivity index (χ4n) is 4.08. The van der Waals surface area contributed by atoms with Crippen LogP contribution in [0.2, 0.25) is 0 Å². The number of nitrogens with zero attached hydrogens (tertiary/aromatic N) is 1. The Labute approximate surface area is 184 Å². The first-order valence-electron chi connectivity index (χ1n) is 11.6. The lowest BCUT2D eigenvalue weighted by Crippen LogP contribution is -2.75. The van der Waals surface area contributed by atoms with Gasteiger partial charge in [0, 0.05) is 0 Å². The van der Waals surface area contributed by atoms with Crippen LogP contribution < -0.4 is 10.8 Å². The molecule has 0 radical (unpaired) electrons. The smallest absolute Gasteiger partial charge is 0.264 e. The Balaban J connectivity index is 4.60. The lowest BCUT2D eigenvalue weighted by molar-refractivity contribution is -0.954. The number of aliphatic carboxylic acids is 1. The molecule has 0 aliphatic carbocycles. The molecule has 180 valence electrons. The number of unbranched alkanes of at least 4 members (excludes halogenated alkanes) is 9. The number of carboxylic acid groups (broad SMARTS) is 1. The van der Waals surface area contributed by atoms with Gasteiger partial charge < -0.3 is 20.1 Å². The van der Waals surface area contributed by atoms with Crippen molar-refractivity contribution in [3.05, 3.63) is 0 Å². The third-order valence-electron chi connectivity index (χ3n) is 7.10. The number of quaternary nitrogens is 1. The van der Waals surface area contributed by atoms with Crippen molar-refractivity contribution in [2.75, 3.05) is 19.8 Å². The van der Waals surface area contributed by atoms with E-state index in [0.29, 0.717) is 0 Å². The molecular formula is C22H46N2O5S. The summed E-state index contributed by atoms with van der Waals surface area (Å²) in [6, 6.07) is -0.951. The molecule has 0 rings (SSSR count). The molecule has 30 heavy (non-hydrogen) atoms. The summed E-state index contributed by atoms with van der Waals surface area (Å²) in [6.07, 6.45) is 13.2. The van der Waals surface area contributed by atoms with Gasteiger partial charge in [0.15, 0.2) is 5.54 Å². The van der Waals surface area contributed by atoms with Crippen LogP contribution in [0, 0.1) is 0 Å². The lowest BCUT2D eigenvalue weighted by Gasteiger charge is -2.53. The van der Waals surface area contributed by atoms with Crippen LogP contribution in [-0.2, 0) is 14.9 Å². The maximum atomic E-state index is 12.1. The molecule has 0 aliphatic rings. The molecule has 0 amide bonds. The van der Waals surface area contributed by atoms with Gasteiger partial charge in [0.1, 0.15) is 5.97 Å². The van der Waals surface area contributed by atoms with Crippen molar-refractivity contribution >= 4 is 16.1 Å². The highest BCUT2D eigenvalue weighted by atomic mass is 32.2. The van der Waals surface area contributed by atoms with Crippen LogP contribution in [0.15, 0.2) is 0 Å². The standard InChI is InChI=1S/C22H46N2O5S/c1-6-7-8-9-10-11-12-13-14-15-16-19(2)24(4,5)22(3,21(25)26)20(23)17-18-30(27,28)29/h19-20H,6-18,23H2,1-5H3,(H-,25,26,27,28,29). The molecule has 0 spiro atoms. The van der Waals surface area contributed by atoms with E-state index in [4.69, 9.17) is 10.3 Å². The largest absolute Gasteiger partial charge is 0.544 e. The van der Waals surface area contributed by atoms with E-state index >= 15 is 0 Å². The van der Waals surface area contributed by atoms with Gasteiger partial charge >= 0.3 is 0 Å². The molecule has 0 heterocycles. The summed E-state index contributed by atoms with van der Waals surface area (Å²) in [5.41, 5.74) is 4.66. The van der Waals surface area contributed by atoms with E-state index < -0.39 is 33.4 Å². The maximum Gasteiger partial charge on any atom is 0.264 e. The summed E-state index contributed by atoms with van der Waals surface area (Å²) in [5.74, 6) is -1.87. The van der Waals surface area contributed by atoms with E-state index in [1.807, 2.05) is 21.0 Å². The van der Waals surface area contributed by atoms with E-state index in [9.17, 15) is 18.3 Å². The number of nitrogens with two attached hydrogens (primary N) is 1. The number of hydrogen-bond donors (Lipinski definition) is 2. The fourth-order valence-corrected chi connectivity index (χ4v) is 4.63. The van der Waals surface area contributed by atoms with Crippen LogP contribution in [-0.4, -0.2) is 60.9 Å². The first-order chi connectivity index (χ1) is 13.8. The van der Waals surface area contributed by atoms with Crippen LogP contribution in [0.4, 0.5) is 0 Å². The predicted molar refractivity (Wildman–Crippen MR) is 120 cm³/mol. The Morgan fingerprint density at radius 1 is 1.00 bits per heavy atom. The van der Waals surface area contributed by atoms with Crippen LogP contribution in [0.3, 0.4) is 0 Å². The number of carboxylic acids is 1. The number of hydrogen-bond acceptors (Lipinski definition) is 5. The molecule has 0 bridgehead atoms. The van der Waals surface area contributed by atoms with E-state index in [0.717, 1.165) is 19.3 Å². The van der Waals surface area contributed by atoms with Gasteiger partial charge in [0.25, 0.3) is 10.1 Å². The highest BCUT2D eigenvalue weighted by Crippen LogP contribution is 2.30. The van der Waals surface area contributed by atoms with Gasteiger partial charge in [0.2, 0.25) is 0 Å². The molecule has 7 nitrogen and oxygen atoms in total. The summed E-state index contributed by atoms with van der Waals surface area (Å²) >= 11 is 0. The SMILES string of the molecule is CCCCCCCCCCCCC(C)[N+](C)(C)C(C)(C(=O)[O-])C(N)CCS(=O)(=O)O. The maximum absolute atomic E-state index is 12.1. The minimum atomic E-state index is -4.20. The molecule has 0 fully saturated rings. The zero-order chi connectivity index (χ0) is 23.4. The van der Waals surface area contributed by atoms with E-state index in [1.165, 1.54) is 58.3 Å². The van der Waals surface area contributed by atoms with Crippen molar-refractivity contribution in [1.82, 2.24) is 0 Å². The van der Waals surface area contributed by atoms with E-state index in [-0.39, 0.29) is 16.9 Å². The summed E-state index contributed by atoms with van der Waals surface area (Å²) in [6.45, 7) is 5.75. The van der Waals surface area contributed by atoms with Gasteiger partial charge in [-0.2, -0.15) is 8.42 Å². The number of likely N-dealkylation sites (N-methyl/N-ethyl adjacent to an activating group) is 1. The topological polar surface area (TPSA) is 121 Å². The zero-order valence-corrected chi connectivity index (χ0v) is 20.7. The van der Waals surface area contributed by atoms with Gasteiger partial charge in [-0.3, -0.25) is 4.55 Å². The van der Waals surface area contributed by atoms with Crippen molar-refractivity contribution in [2.24, 2.45) is 5.73 Å². The number of rotatable bonds is 18. The van der Waals surface area contributed by atoms with Crippen LogP contribution in [0.25, 0.3) is 0 Å². The van der Waals surface area contributed by atoms with Gasteiger partial charge in [-0.05, 0) is 33.1 Å². The van der Waals surface area contributed by atoms with Crippen molar-refractivity contribution < 1.29 is 27.4 Å². The van der Waals surface area contributed by atoms with Crippen molar-refractivity contribution in [3.63, 3.8) is 0 Å². The number of carbonyl (C=O) groups is 1. The first-order valence-corrected chi connectivity index (χ1v) is 13.2. The molecular weight excluding hydrogens is 404 g/mol. The van der Waals surface area contributed by atoms with E-state index in [2.05, 4.69) is 6.92 Å². The van der Waals surface area contributed by atoms with Crippen molar-refractivity contribution in [3.8, 4) is 0 Å². The molecule has 3 atom stereocenters. The van der Waals surface area contributed by atoms with Crippen LogP contribution >= 0.6 is 0 Å². The lowest BCUT2D eigenvalue weighted by atomic mass is 9.84. The van der Waals surface area contributed by atoms with Gasteiger partial charge in [-0.25, -0.2) is 0 Å². The van der Waals surface area contributed by atoms with Gasteiger partial charge in [-0.1, -0.05) is 64.7 Å². The molecule has 0 aliphatic heterocycles. The summed E-state index contributed by atoms with van der Waals surface area (Å²) in [4.78, 5) is 12.1. The van der Waals surface area contributed by atoms with E-state index in [1.54, 1.807) is 0 Å². The van der Waals surface area contributed by atoms with Crippen molar-refractivity contribution in [1.29, 1.82) is 0 Å². The minimum absolute atomic E-state index is 0.0127. The zero-order valence-electron chi connectivity index (χ0n) is 19.9. The summed E-state index contributed by atoms with van der Waals surface area (Å²) < 4.78 is 31.2. The second kappa shape index (κ2) is 13.7. The van der Waals surface area contributed by atoms with Crippen molar-refractivity contribution in [2.45, 2.75) is 115 Å². The molecule has 3 N–H and O–H groups in total. The van der Waals surface area contributed by atoms with Gasteiger partial charge in [-0.15, -0.1) is 0 Å². The highest BCUT2D eigenvalue weighted by molar-refractivity contribution is 7.85. The molecule has 0 aromatic heterocycles. The van der Waals surface area contributed by atoms with Crippen LogP contribution in [0.5, 0.6) is 0 Å². The molecule has 0 aromatic carbocycles. The quantitative estimate of drug-likeness (QED) is 0.188. The normalized spacial score (nSPS) is 16.8. The molecule has 0 saturated heterocycles. The third-order valence-corrected chi connectivity index (χ3v) is 7.85. The average molecular weight is 451 g/mol. The second-order valence-corrected chi connectivity index (χ2v) is 11.0. The average Bonchev–Trinajstić information content (AvgIpc) is 2.65. The monoisotopic (exact) mass is 450 g/mol. The molecule has 0 saturated carbocycles. The summed E-state index contributed by atoms with van der Waals surface area (Å²) in [5, 5.41) is 12.1. The predicted octanol–water partition coefficient (Wildman–Crippen LogP) is 2.88. The fraction of sp³-hybridized carbons (Fsp3) is 0.955. The Morgan fingerprint density at radius 3 is 1.83 bits per heavy atom. The summed E-state index contributed by atoms with van der Waals surface area (Å²) in [7, 11) is -0.584. The third kappa shape index (κ3) is 9.62. The molecule has 0 aromatic rings. The Hall–Kier alpha value is -0.700.